The fraction of sp³-hybridized carbons (Fsp3) is 0.737. The molecule has 138 valence electrons. The molecule has 0 fully saturated rings. The van der Waals surface area contributed by atoms with Crippen LogP contribution in [-0.2, 0) is 4.79 Å². The van der Waals surface area contributed by atoms with Gasteiger partial charge >= 0.3 is 5.97 Å². The van der Waals surface area contributed by atoms with Crippen LogP contribution >= 0.6 is 0 Å². The topological polar surface area (TPSA) is 98.0 Å². The smallest absolute Gasteiger partial charge is 0.305 e. The molecular formula is C19H32O5. The normalized spacial score (nSPS) is 28.0. The average Bonchev–Trinajstić information content (AvgIpc) is 2.55. The number of carboxylic acid groups (broad SMARTS) is 1. The first-order valence-corrected chi connectivity index (χ1v) is 8.88. The van der Waals surface area contributed by atoms with E-state index in [1.807, 2.05) is 0 Å². The van der Waals surface area contributed by atoms with Crippen molar-refractivity contribution in [3.63, 3.8) is 0 Å². The summed E-state index contributed by atoms with van der Waals surface area (Å²) in [5.74, 6) is 0.631. The van der Waals surface area contributed by atoms with Crippen LogP contribution in [0.25, 0.3) is 0 Å². The number of hydrogen-bond acceptors (Lipinski definition) is 4. The minimum absolute atomic E-state index is 0.149. The van der Waals surface area contributed by atoms with Gasteiger partial charge < -0.3 is 20.4 Å². The SMILES string of the molecule is CO.C[C@H]1C=CC2=CCCCC2[C@H]1CC[C@@H](O)C[C@@H](O)CC(=O)O. The fourth-order valence-electron chi connectivity index (χ4n) is 3.92. The van der Waals surface area contributed by atoms with Crippen LogP contribution in [0.2, 0.25) is 0 Å². The van der Waals surface area contributed by atoms with Crippen molar-refractivity contribution < 1.29 is 25.2 Å². The second-order valence-electron chi connectivity index (χ2n) is 6.84. The third-order valence-electron chi connectivity index (χ3n) is 5.10. The van der Waals surface area contributed by atoms with E-state index in [1.54, 1.807) is 0 Å². The van der Waals surface area contributed by atoms with Crippen LogP contribution in [0.4, 0.5) is 0 Å². The Morgan fingerprint density at radius 3 is 2.67 bits per heavy atom. The molecule has 0 heterocycles. The first kappa shape index (κ1) is 20.9. The van der Waals surface area contributed by atoms with Crippen LogP contribution in [0.5, 0.6) is 0 Å². The maximum absolute atomic E-state index is 10.5. The highest BCUT2D eigenvalue weighted by Gasteiger charge is 2.32. The van der Waals surface area contributed by atoms with E-state index in [2.05, 4.69) is 25.2 Å². The summed E-state index contributed by atoms with van der Waals surface area (Å²) < 4.78 is 0. The summed E-state index contributed by atoms with van der Waals surface area (Å²) in [6.45, 7) is 2.23. The molecule has 1 unspecified atom stereocenters. The molecule has 5 heteroatoms. The molecular weight excluding hydrogens is 308 g/mol. The summed E-state index contributed by atoms with van der Waals surface area (Å²) in [5, 5.41) is 35.3. The lowest BCUT2D eigenvalue weighted by Gasteiger charge is -2.37. The summed E-state index contributed by atoms with van der Waals surface area (Å²) in [7, 11) is 1.00. The average molecular weight is 340 g/mol. The molecule has 2 rings (SSSR count). The maximum atomic E-state index is 10.5. The Morgan fingerprint density at radius 2 is 2.00 bits per heavy atom. The zero-order valence-electron chi connectivity index (χ0n) is 14.8. The maximum Gasteiger partial charge on any atom is 0.305 e. The minimum atomic E-state index is -1.03. The van der Waals surface area contributed by atoms with Crippen molar-refractivity contribution in [1.82, 2.24) is 0 Å². The Bertz CT molecular complexity index is 443. The molecule has 5 atom stereocenters. The summed E-state index contributed by atoms with van der Waals surface area (Å²) in [6, 6.07) is 0. The van der Waals surface area contributed by atoms with Crippen LogP contribution in [0, 0.1) is 17.8 Å². The van der Waals surface area contributed by atoms with Crippen molar-refractivity contribution in [2.45, 2.75) is 64.1 Å². The van der Waals surface area contributed by atoms with Gasteiger partial charge in [-0.1, -0.05) is 25.2 Å². The Labute approximate surface area is 144 Å². The van der Waals surface area contributed by atoms with Gasteiger partial charge in [0.15, 0.2) is 0 Å². The molecule has 0 saturated heterocycles. The second kappa shape index (κ2) is 10.6. The van der Waals surface area contributed by atoms with Gasteiger partial charge in [-0.2, -0.15) is 0 Å². The largest absolute Gasteiger partial charge is 0.481 e. The third kappa shape index (κ3) is 6.38. The van der Waals surface area contributed by atoms with Crippen molar-refractivity contribution in [3.05, 3.63) is 23.8 Å². The molecule has 5 nitrogen and oxygen atoms in total. The number of fused-ring (bicyclic) bond motifs is 1. The lowest BCUT2D eigenvalue weighted by Crippen LogP contribution is -2.29. The van der Waals surface area contributed by atoms with Crippen molar-refractivity contribution in [1.29, 1.82) is 0 Å². The first-order chi connectivity index (χ1) is 11.5. The van der Waals surface area contributed by atoms with E-state index in [-0.39, 0.29) is 12.8 Å². The summed E-state index contributed by atoms with van der Waals surface area (Å²) >= 11 is 0. The predicted octanol–water partition coefficient (Wildman–Crippen LogP) is 2.51. The Balaban J connectivity index is 0.00000139. The van der Waals surface area contributed by atoms with Gasteiger partial charge in [0, 0.05) is 7.11 Å². The summed E-state index contributed by atoms with van der Waals surface area (Å²) in [6.07, 6.45) is 10.3. The van der Waals surface area contributed by atoms with E-state index in [0.29, 0.717) is 24.2 Å². The standard InChI is InChI=1S/C18H28O4.CH4O/c1-12-6-7-13-4-2-3-5-17(13)16(12)9-8-14(19)10-15(20)11-18(21)22;1-2/h4,6-7,12,14-17,19-20H,2-3,5,8-11H2,1H3,(H,21,22);2H,1H3/t12-,14+,15+,16-,17?;/m0./s1. The molecule has 0 aliphatic heterocycles. The molecule has 0 aromatic heterocycles. The zero-order valence-corrected chi connectivity index (χ0v) is 14.8. The molecule has 0 spiro atoms. The number of carboxylic acids is 1. The van der Waals surface area contributed by atoms with E-state index >= 15 is 0 Å². The predicted molar refractivity (Wildman–Crippen MR) is 93.5 cm³/mol. The fourth-order valence-corrected chi connectivity index (χ4v) is 3.92. The van der Waals surface area contributed by atoms with Gasteiger partial charge in [-0.05, 0) is 61.9 Å². The van der Waals surface area contributed by atoms with Gasteiger partial charge in [-0.3, -0.25) is 4.79 Å². The number of aliphatic carboxylic acids is 1. The molecule has 0 aromatic carbocycles. The van der Waals surface area contributed by atoms with E-state index in [4.69, 9.17) is 10.2 Å². The van der Waals surface area contributed by atoms with Gasteiger partial charge in [0.2, 0.25) is 0 Å². The highest BCUT2D eigenvalue weighted by atomic mass is 16.4. The van der Waals surface area contributed by atoms with Crippen molar-refractivity contribution in [2.75, 3.05) is 7.11 Å². The monoisotopic (exact) mass is 340 g/mol. The van der Waals surface area contributed by atoms with E-state index < -0.39 is 18.2 Å². The molecule has 2 aliphatic rings. The van der Waals surface area contributed by atoms with Crippen LogP contribution in [0.1, 0.15) is 51.9 Å². The number of aliphatic hydroxyl groups is 3. The molecule has 2 aliphatic carbocycles. The zero-order chi connectivity index (χ0) is 18.1. The molecule has 24 heavy (non-hydrogen) atoms. The molecule has 0 saturated carbocycles. The summed E-state index contributed by atoms with van der Waals surface area (Å²) in [4.78, 5) is 10.5. The quantitative estimate of drug-likeness (QED) is 0.571. The van der Waals surface area contributed by atoms with Gasteiger partial charge in [-0.25, -0.2) is 0 Å². The number of rotatable bonds is 7. The second-order valence-corrected chi connectivity index (χ2v) is 6.84. The van der Waals surface area contributed by atoms with Crippen molar-refractivity contribution in [3.8, 4) is 0 Å². The van der Waals surface area contributed by atoms with Gasteiger partial charge in [-0.15, -0.1) is 0 Å². The van der Waals surface area contributed by atoms with Crippen LogP contribution in [-0.4, -0.2) is 45.7 Å². The molecule has 0 radical (unpaired) electrons. The molecule has 0 amide bonds. The summed E-state index contributed by atoms with van der Waals surface area (Å²) in [5.41, 5.74) is 1.45. The minimum Gasteiger partial charge on any atom is -0.481 e. The van der Waals surface area contributed by atoms with E-state index in [1.165, 1.54) is 24.8 Å². The van der Waals surface area contributed by atoms with E-state index in [9.17, 15) is 15.0 Å². The van der Waals surface area contributed by atoms with Crippen LogP contribution < -0.4 is 0 Å². The van der Waals surface area contributed by atoms with Crippen LogP contribution in [0.3, 0.4) is 0 Å². The lowest BCUT2D eigenvalue weighted by atomic mass is 9.68. The van der Waals surface area contributed by atoms with Crippen LogP contribution in [0.15, 0.2) is 23.8 Å². The Hall–Kier alpha value is -1.17. The molecule has 0 aromatic rings. The highest BCUT2D eigenvalue weighted by molar-refractivity contribution is 5.67. The number of allylic oxidation sites excluding steroid dienone is 4. The first-order valence-electron chi connectivity index (χ1n) is 8.88. The Morgan fingerprint density at radius 1 is 1.29 bits per heavy atom. The molecule has 4 N–H and O–H groups in total. The van der Waals surface area contributed by atoms with E-state index in [0.717, 1.165) is 13.5 Å². The Kier molecular flexibility index (Phi) is 9.26. The number of carbonyl (C=O) groups is 1. The number of hydrogen-bond donors (Lipinski definition) is 4. The van der Waals surface area contributed by atoms with Gasteiger partial charge in [0.1, 0.15) is 0 Å². The van der Waals surface area contributed by atoms with Crippen molar-refractivity contribution >= 4 is 5.97 Å². The number of aliphatic hydroxyl groups excluding tert-OH is 3. The lowest BCUT2D eigenvalue weighted by molar-refractivity contribution is -0.139. The highest BCUT2D eigenvalue weighted by Crippen LogP contribution is 2.42. The van der Waals surface area contributed by atoms with Crippen molar-refractivity contribution in [2.24, 2.45) is 17.8 Å². The molecule has 0 bridgehead atoms. The van der Waals surface area contributed by atoms with Gasteiger partial charge in [0.25, 0.3) is 0 Å². The third-order valence-corrected chi connectivity index (χ3v) is 5.10. The van der Waals surface area contributed by atoms with Gasteiger partial charge in [0.05, 0.1) is 18.6 Å².